The first kappa shape index (κ1) is 18.9. The second kappa shape index (κ2) is 8.12. The summed E-state index contributed by atoms with van der Waals surface area (Å²) in [6.45, 7) is 2.31. The lowest BCUT2D eigenvalue weighted by atomic mass is 10.1. The summed E-state index contributed by atoms with van der Waals surface area (Å²) in [5, 5.41) is 1.12. The van der Waals surface area contributed by atoms with Crippen LogP contribution in [0.2, 0.25) is 0 Å². The van der Waals surface area contributed by atoms with Crippen molar-refractivity contribution in [3.8, 4) is 11.5 Å². The predicted molar refractivity (Wildman–Crippen MR) is 103 cm³/mol. The van der Waals surface area contributed by atoms with Crippen LogP contribution in [0.3, 0.4) is 0 Å². The maximum Gasteiger partial charge on any atom is 0.231 e. The zero-order valence-electron chi connectivity index (χ0n) is 14.5. The van der Waals surface area contributed by atoms with E-state index in [4.69, 9.17) is 9.47 Å². The van der Waals surface area contributed by atoms with Gasteiger partial charge < -0.3 is 9.47 Å². The first-order valence-corrected chi connectivity index (χ1v) is 7.76. The lowest BCUT2D eigenvalue weighted by molar-refractivity contribution is -0.657. The van der Waals surface area contributed by atoms with E-state index in [2.05, 4.69) is 25.1 Å². The van der Waals surface area contributed by atoms with E-state index in [1.165, 1.54) is 5.56 Å². The largest absolute Gasteiger partial charge is 0.497 e. The molecule has 0 saturated heterocycles. The number of rotatable bonds is 5. The molecule has 0 bridgehead atoms. The molecule has 5 heteroatoms. The van der Waals surface area contributed by atoms with Crippen LogP contribution >= 0.6 is 17.0 Å². The van der Waals surface area contributed by atoms with Crippen LogP contribution in [0, 0.1) is 6.92 Å². The summed E-state index contributed by atoms with van der Waals surface area (Å²) in [7, 11) is 3.14. The molecule has 0 saturated carbocycles. The zero-order chi connectivity index (χ0) is 17.1. The molecule has 130 valence electrons. The maximum absolute atomic E-state index is 12.8. The number of fused-ring (bicyclic) bond motifs is 1. The van der Waals surface area contributed by atoms with E-state index in [0.29, 0.717) is 17.1 Å². The number of hydrogen-bond donors (Lipinski definition) is 0. The van der Waals surface area contributed by atoms with Gasteiger partial charge in [-0.1, -0.05) is 11.6 Å². The van der Waals surface area contributed by atoms with E-state index >= 15 is 0 Å². The van der Waals surface area contributed by atoms with Gasteiger partial charge in [0.2, 0.25) is 17.8 Å². The number of hydrogen-bond acceptors (Lipinski definition) is 3. The van der Waals surface area contributed by atoms with Crippen molar-refractivity contribution in [2.75, 3.05) is 14.2 Å². The van der Waals surface area contributed by atoms with Gasteiger partial charge in [0.25, 0.3) is 0 Å². The molecule has 25 heavy (non-hydrogen) atoms. The van der Waals surface area contributed by atoms with Crippen molar-refractivity contribution in [2.24, 2.45) is 0 Å². The first-order valence-electron chi connectivity index (χ1n) is 7.76. The highest BCUT2D eigenvalue weighted by Crippen LogP contribution is 2.25. The average Bonchev–Trinajstić information content (AvgIpc) is 2.60. The SMILES string of the molecule is Br.COc1ccc(C(=O)C[n+]2cccc3cc(C)ccc32)c(OC)c1. The fraction of sp³-hybridized carbons (Fsp3) is 0.200. The van der Waals surface area contributed by atoms with E-state index in [9.17, 15) is 4.79 Å². The van der Waals surface area contributed by atoms with Crippen molar-refractivity contribution in [2.45, 2.75) is 13.5 Å². The summed E-state index contributed by atoms with van der Waals surface area (Å²) in [6.07, 6.45) is 1.92. The molecule has 0 atom stereocenters. The van der Waals surface area contributed by atoms with Crippen LogP contribution < -0.4 is 14.0 Å². The van der Waals surface area contributed by atoms with E-state index in [1.807, 2.05) is 22.9 Å². The number of aryl methyl sites for hydroxylation is 1. The van der Waals surface area contributed by atoms with Crippen LogP contribution in [0.4, 0.5) is 0 Å². The summed E-state index contributed by atoms with van der Waals surface area (Å²) in [5.74, 6) is 1.18. The van der Waals surface area contributed by atoms with E-state index < -0.39 is 0 Å². The highest BCUT2D eigenvalue weighted by molar-refractivity contribution is 8.93. The molecule has 4 nitrogen and oxygen atoms in total. The lowest BCUT2D eigenvalue weighted by Crippen LogP contribution is -2.38. The molecule has 0 aliphatic heterocycles. The van der Waals surface area contributed by atoms with Gasteiger partial charge in [0.15, 0.2) is 6.20 Å². The van der Waals surface area contributed by atoms with Crippen LogP contribution in [-0.4, -0.2) is 20.0 Å². The Bertz CT molecular complexity index is 909. The second-order valence-corrected chi connectivity index (χ2v) is 5.69. The molecule has 0 aliphatic rings. The topological polar surface area (TPSA) is 39.4 Å². The van der Waals surface area contributed by atoms with Crippen molar-refractivity contribution in [1.29, 1.82) is 0 Å². The van der Waals surface area contributed by atoms with Crippen molar-refractivity contribution in [3.63, 3.8) is 0 Å². The van der Waals surface area contributed by atoms with Gasteiger partial charge in [-0.25, -0.2) is 0 Å². The number of Topliss-reactive ketones (excluding diaryl/α,β-unsaturated/α-hetero) is 1. The Morgan fingerprint density at radius 3 is 2.56 bits per heavy atom. The highest BCUT2D eigenvalue weighted by Gasteiger charge is 2.19. The fourth-order valence-electron chi connectivity index (χ4n) is 2.81. The summed E-state index contributed by atoms with van der Waals surface area (Å²) in [6, 6.07) is 15.5. The molecule has 0 aliphatic carbocycles. The molecular weight excluding hydrogens is 382 g/mol. The van der Waals surface area contributed by atoms with E-state index in [0.717, 1.165) is 10.9 Å². The molecule has 0 radical (unpaired) electrons. The Labute approximate surface area is 157 Å². The van der Waals surface area contributed by atoms with Crippen molar-refractivity contribution >= 4 is 33.7 Å². The van der Waals surface area contributed by atoms with Crippen LogP contribution in [0.5, 0.6) is 11.5 Å². The number of pyridine rings is 1. The monoisotopic (exact) mass is 402 g/mol. The van der Waals surface area contributed by atoms with Crippen molar-refractivity contribution in [1.82, 2.24) is 0 Å². The number of nitrogens with zero attached hydrogens (tertiary/aromatic N) is 1. The minimum Gasteiger partial charge on any atom is -0.497 e. The zero-order valence-corrected chi connectivity index (χ0v) is 16.2. The standard InChI is InChI=1S/C20H20NO3.BrH/c1-14-6-9-18-15(11-14)5-4-10-21(18)13-19(22)17-8-7-16(23-2)12-20(17)24-3;/h4-12H,13H2,1-3H3;1H/q+1;. The maximum atomic E-state index is 12.8. The molecule has 3 aromatic rings. The quantitative estimate of drug-likeness (QED) is 0.479. The summed E-state index contributed by atoms with van der Waals surface area (Å²) < 4.78 is 12.5. The molecule has 1 heterocycles. The number of halogens is 1. The number of ketones is 1. The Morgan fingerprint density at radius 1 is 1.04 bits per heavy atom. The first-order chi connectivity index (χ1) is 11.6. The normalized spacial score (nSPS) is 10.2. The number of carbonyl (C=O) groups is 1. The number of benzene rings is 2. The molecule has 0 unspecified atom stereocenters. The molecule has 0 amide bonds. The number of ether oxygens (including phenoxy) is 2. The molecule has 3 rings (SSSR count). The molecule has 2 aromatic carbocycles. The van der Waals surface area contributed by atoms with Gasteiger partial charge in [0.1, 0.15) is 11.5 Å². The second-order valence-electron chi connectivity index (χ2n) is 5.69. The molecule has 1 aromatic heterocycles. The van der Waals surface area contributed by atoms with Gasteiger partial charge in [0.05, 0.1) is 19.8 Å². The van der Waals surface area contributed by atoms with Gasteiger partial charge in [-0.3, -0.25) is 4.79 Å². The smallest absolute Gasteiger partial charge is 0.231 e. The van der Waals surface area contributed by atoms with Crippen molar-refractivity contribution < 1.29 is 18.8 Å². The van der Waals surface area contributed by atoms with Gasteiger partial charge in [-0.05, 0) is 31.2 Å². The number of methoxy groups -OCH3 is 2. The summed E-state index contributed by atoms with van der Waals surface area (Å²) >= 11 is 0. The van der Waals surface area contributed by atoms with Crippen LogP contribution in [0.15, 0.2) is 54.7 Å². The minimum atomic E-state index is -0.00687. The van der Waals surface area contributed by atoms with Gasteiger partial charge in [-0.15, -0.1) is 17.0 Å². The third-order valence-electron chi connectivity index (χ3n) is 4.06. The fourth-order valence-corrected chi connectivity index (χ4v) is 2.81. The Kier molecular flexibility index (Phi) is 6.15. The predicted octanol–water partition coefficient (Wildman–Crippen LogP) is 3.91. The molecular formula is C20H21BrNO3+. The Morgan fingerprint density at radius 2 is 1.84 bits per heavy atom. The molecule has 0 spiro atoms. The highest BCUT2D eigenvalue weighted by atomic mass is 79.9. The minimum absolute atomic E-state index is 0. The summed E-state index contributed by atoms with van der Waals surface area (Å²) in [5.41, 5.74) is 2.78. The van der Waals surface area contributed by atoms with Gasteiger partial charge in [0, 0.05) is 23.6 Å². The molecule has 0 N–H and O–H groups in total. The lowest BCUT2D eigenvalue weighted by Gasteiger charge is -2.09. The van der Waals surface area contributed by atoms with Crippen LogP contribution in [-0.2, 0) is 6.54 Å². The average molecular weight is 403 g/mol. The van der Waals surface area contributed by atoms with E-state index in [-0.39, 0.29) is 29.3 Å². The van der Waals surface area contributed by atoms with Gasteiger partial charge >= 0.3 is 0 Å². The van der Waals surface area contributed by atoms with Gasteiger partial charge in [-0.2, -0.15) is 4.57 Å². The number of aromatic nitrogens is 1. The third kappa shape index (κ3) is 3.99. The Balaban J connectivity index is 0.00000225. The van der Waals surface area contributed by atoms with Crippen LogP contribution in [0.1, 0.15) is 15.9 Å². The van der Waals surface area contributed by atoms with Crippen molar-refractivity contribution in [3.05, 3.63) is 65.9 Å². The van der Waals surface area contributed by atoms with Crippen LogP contribution in [0.25, 0.3) is 10.9 Å². The summed E-state index contributed by atoms with van der Waals surface area (Å²) in [4.78, 5) is 12.8. The number of carbonyl (C=O) groups excluding carboxylic acids is 1. The Hall–Kier alpha value is -2.40. The third-order valence-corrected chi connectivity index (χ3v) is 4.06. The molecule has 0 fully saturated rings. The van der Waals surface area contributed by atoms with E-state index in [1.54, 1.807) is 32.4 Å².